The van der Waals surface area contributed by atoms with Crippen LogP contribution in [0.3, 0.4) is 0 Å². The van der Waals surface area contributed by atoms with Crippen LogP contribution < -0.4 is 5.73 Å². The predicted octanol–water partition coefficient (Wildman–Crippen LogP) is 3.02. The Morgan fingerprint density at radius 2 is 2.20 bits per heavy atom. The maximum absolute atomic E-state index is 5.99. The van der Waals surface area contributed by atoms with Crippen molar-refractivity contribution in [2.75, 3.05) is 7.11 Å². The van der Waals surface area contributed by atoms with E-state index in [0.29, 0.717) is 0 Å². The van der Waals surface area contributed by atoms with Crippen LogP contribution in [0.15, 0.2) is 11.6 Å². The van der Waals surface area contributed by atoms with E-state index < -0.39 is 0 Å². The highest BCUT2D eigenvalue weighted by Gasteiger charge is 2.17. The summed E-state index contributed by atoms with van der Waals surface area (Å²) in [7, 11) is 1.78. The molecular formula is C13H25NO. The first-order valence-corrected chi connectivity index (χ1v) is 6.04. The summed E-state index contributed by atoms with van der Waals surface area (Å²) in [4.78, 5) is 0. The molecule has 2 heteroatoms. The fourth-order valence-electron chi connectivity index (χ4n) is 1.97. The van der Waals surface area contributed by atoms with Crippen LogP contribution in [-0.4, -0.2) is 18.8 Å². The average Bonchev–Trinajstić information content (AvgIpc) is 2.40. The molecule has 1 unspecified atom stereocenters. The van der Waals surface area contributed by atoms with Crippen molar-refractivity contribution in [3.05, 3.63) is 11.6 Å². The minimum atomic E-state index is -0.00274. The highest BCUT2D eigenvalue weighted by atomic mass is 16.5. The Morgan fingerprint density at radius 1 is 1.47 bits per heavy atom. The Kier molecular flexibility index (Phi) is 4.81. The molecule has 0 spiro atoms. The van der Waals surface area contributed by atoms with Gasteiger partial charge in [-0.3, -0.25) is 0 Å². The first kappa shape index (κ1) is 12.7. The molecule has 1 atom stereocenters. The lowest BCUT2D eigenvalue weighted by Gasteiger charge is -2.23. The molecule has 0 fully saturated rings. The normalized spacial score (nSPS) is 23.5. The number of ether oxygens (including phenoxy) is 1. The zero-order chi connectivity index (χ0) is 11.3. The van der Waals surface area contributed by atoms with E-state index in [2.05, 4.69) is 19.9 Å². The van der Waals surface area contributed by atoms with Crippen LogP contribution >= 0.6 is 0 Å². The third-order valence-electron chi connectivity index (χ3n) is 3.34. The van der Waals surface area contributed by atoms with E-state index >= 15 is 0 Å². The number of methoxy groups -OCH3 is 1. The van der Waals surface area contributed by atoms with Crippen LogP contribution in [0.4, 0.5) is 0 Å². The molecule has 0 aliphatic heterocycles. The number of hydrogen-bond acceptors (Lipinski definition) is 2. The van der Waals surface area contributed by atoms with Crippen molar-refractivity contribution in [2.24, 2.45) is 5.73 Å². The van der Waals surface area contributed by atoms with Crippen LogP contribution in [0.2, 0.25) is 0 Å². The van der Waals surface area contributed by atoms with Gasteiger partial charge < -0.3 is 10.5 Å². The van der Waals surface area contributed by atoms with Crippen molar-refractivity contribution < 1.29 is 4.74 Å². The number of hydrogen-bond donors (Lipinski definition) is 1. The molecule has 0 radical (unpaired) electrons. The molecule has 2 N–H and O–H groups in total. The minimum Gasteiger partial charge on any atom is -0.379 e. The van der Waals surface area contributed by atoms with Crippen molar-refractivity contribution in [3.63, 3.8) is 0 Å². The second-order valence-electron chi connectivity index (χ2n) is 5.20. The molecule has 15 heavy (non-hydrogen) atoms. The van der Waals surface area contributed by atoms with Gasteiger partial charge in [0.15, 0.2) is 0 Å². The molecule has 0 amide bonds. The van der Waals surface area contributed by atoms with Crippen molar-refractivity contribution >= 4 is 0 Å². The highest BCUT2D eigenvalue weighted by Crippen LogP contribution is 2.24. The Hall–Kier alpha value is -0.340. The van der Waals surface area contributed by atoms with E-state index in [1.165, 1.54) is 24.8 Å². The number of rotatable bonds is 4. The molecule has 0 aromatic carbocycles. The first-order valence-electron chi connectivity index (χ1n) is 6.04. The van der Waals surface area contributed by atoms with Gasteiger partial charge in [0, 0.05) is 13.2 Å². The van der Waals surface area contributed by atoms with Gasteiger partial charge in [-0.1, -0.05) is 18.1 Å². The Bertz CT molecular complexity index is 221. The van der Waals surface area contributed by atoms with Crippen molar-refractivity contribution in [2.45, 2.75) is 64.0 Å². The van der Waals surface area contributed by atoms with Crippen LogP contribution in [0.5, 0.6) is 0 Å². The molecule has 0 saturated heterocycles. The standard InChI is InChI=1S/C13H25NO/c1-13(2,15-3)9-8-11-6-4-5-7-12(14)10-11/h10,12H,4-9,14H2,1-3H3. The molecule has 1 aliphatic carbocycles. The topological polar surface area (TPSA) is 35.2 Å². The Labute approximate surface area is 93.9 Å². The largest absolute Gasteiger partial charge is 0.379 e. The summed E-state index contributed by atoms with van der Waals surface area (Å²) in [6.07, 6.45) is 9.45. The number of nitrogens with two attached hydrogens (primary N) is 1. The lowest BCUT2D eigenvalue weighted by atomic mass is 9.96. The average molecular weight is 211 g/mol. The van der Waals surface area contributed by atoms with E-state index in [-0.39, 0.29) is 11.6 Å². The van der Waals surface area contributed by atoms with Gasteiger partial charge in [0.25, 0.3) is 0 Å². The molecule has 1 rings (SSSR count). The van der Waals surface area contributed by atoms with E-state index in [1.807, 2.05) is 0 Å². The van der Waals surface area contributed by atoms with Crippen molar-refractivity contribution in [3.8, 4) is 0 Å². The minimum absolute atomic E-state index is 0.00274. The van der Waals surface area contributed by atoms with Crippen LogP contribution in [0, 0.1) is 0 Å². The van der Waals surface area contributed by atoms with Gasteiger partial charge in [0.2, 0.25) is 0 Å². The van der Waals surface area contributed by atoms with E-state index in [9.17, 15) is 0 Å². The summed E-state index contributed by atoms with van der Waals surface area (Å²) in [5.74, 6) is 0. The molecule has 0 saturated carbocycles. The van der Waals surface area contributed by atoms with Crippen LogP contribution in [0.25, 0.3) is 0 Å². The van der Waals surface area contributed by atoms with Gasteiger partial charge in [-0.15, -0.1) is 0 Å². The molecule has 0 aromatic rings. The predicted molar refractivity (Wildman–Crippen MR) is 64.8 cm³/mol. The summed E-state index contributed by atoms with van der Waals surface area (Å²) in [5.41, 5.74) is 7.52. The molecule has 88 valence electrons. The molecular weight excluding hydrogens is 186 g/mol. The van der Waals surface area contributed by atoms with Gasteiger partial charge in [-0.05, 0) is 46.0 Å². The van der Waals surface area contributed by atoms with Gasteiger partial charge in [0.1, 0.15) is 0 Å². The SMILES string of the molecule is COC(C)(C)CCC1=CC(N)CCCC1. The zero-order valence-electron chi connectivity index (χ0n) is 10.4. The van der Waals surface area contributed by atoms with E-state index in [0.717, 1.165) is 19.3 Å². The fraction of sp³-hybridized carbons (Fsp3) is 0.846. The maximum Gasteiger partial charge on any atom is 0.0625 e. The monoisotopic (exact) mass is 211 g/mol. The maximum atomic E-state index is 5.99. The summed E-state index contributed by atoms with van der Waals surface area (Å²) in [5, 5.41) is 0. The van der Waals surface area contributed by atoms with Crippen LogP contribution in [0.1, 0.15) is 52.4 Å². The van der Waals surface area contributed by atoms with Crippen LogP contribution in [-0.2, 0) is 4.74 Å². The second-order valence-corrected chi connectivity index (χ2v) is 5.20. The van der Waals surface area contributed by atoms with Gasteiger partial charge >= 0.3 is 0 Å². The summed E-state index contributed by atoms with van der Waals surface area (Å²) >= 11 is 0. The van der Waals surface area contributed by atoms with Gasteiger partial charge in [0.05, 0.1) is 5.60 Å². The molecule has 0 aromatic heterocycles. The van der Waals surface area contributed by atoms with E-state index in [1.54, 1.807) is 7.11 Å². The summed E-state index contributed by atoms with van der Waals surface area (Å²) in [6, 6.07) is 0.285. The molecule has 0 heterocycles. The smallest absolute Gasteiger partial charge is 0.0625 e. The molecule has 2 nitrogen and oxygen atoms in total. The fourth-order valence-corrected chi connectivity index (χ4v) is 1.97. The summed E-state index contributed by atoms with van der Waals surface area (Å²) < 4.78 is 5.43. The number of allylic oxidation sites excluding steroid dienone is 1. The Morgan fingerprint density at radius 3 is 2.87 bits per heavy atom. The molecule has 1 aliphatic rings. The lowest BCUT2D eigenvalue weighted by Crippen LogP contribution is -2.22. The second kappa shape index (κ2) is 5.66. The zero-order valence-corrected chi connectivity index (χ0v) is 10.4. The van der Waals surface area contributed by atoms with Crippen molar-refractivity contribution in [1.82, 2.24) is 0 Å². The van der Waals surface area contributed by atoms with Gasteiger partial charge in [-0.2, -0.15) is 0 Å². The molecule has 0 bridgehead atoms. The van der Waals surface area contributed by atoms with Crippen molar-refractivity contribution in [1.29, 1.82) is 0 Å². The highest BCUT2D eigenvalue weighted by molar-refractivity contribution is 5.08. The lowest BCUT2D eigenvalue weighted by molar-refractivity contribution is 0.0156. The first-order chi connectivity index (χ1) is 7.03. The quantitative estimate of drug-likeness (QED) is 0.725. The van der Waals surface area contributed by atoms with Gasteiger partial charge in [-0.25, -0.2) is 0 Å². The van der Waals surface area contributed by atoms with E-state index in [4.69, 9.17) is 10.5 Å². The summed E-state index contributed by atoms with van der Waals surface area (Å²) in [6.45, 7) is 4.29. The third-order valence-corrected chi connectivity index (χ3v) is 3.34. The third kappa shape index (κ3) is 4.80. The Balaban J connectivity index is 2.43.